The SMILES string of the molecule is CCCCC(CCCC)(CC(=O)O)c1ccccc1.CCCCC(CCCC)(CC[NH+](C)C)c1ccccc1. The zero-order chi connectivity index (χ0) is 29.0. The first kappa shape index (κ1) is 34.9. The second kappa shape index (κ2) is 19.9. The zero-order valence-corrected chi connectivity index (χ0v) is 26.2. The van der Waals surface area contributed by atoms with Crippen molar-refractivity contribution < 1.29 is 14.8 Å². The molecule has 0 saturated heterocycles. The molecular weight excluding hydrogens is 478 g/mol. The van der Waals surface area contributed by atoms with Crippen LogP contribution in [0.15, 0.2) is 60.7 Å². The number of hydrogen-bond acceptors (Lipinski definition) is 1. The van der Waals surface area contributed by atoms with E-state index in [0.717, 1.165) is 38.5 Å². The average Bonchev–Trinajstić information content (AvgIpc) is 2.95. The number of hydrogen-bond donors (Lipinski definition) is 2. The topological polar surface area (TPSA) is 41.7 Å². The van der Waals surface area contributed by atoms with E-state index in [0.29, 0.717) is 5.41 Å². The van der Waals surface area contributed by atoms with Crippen LogP contribution < -0.4 is 4.90 Å². The van der Waals surface area contributed by atoms with Gasteiger partial charge in [-0.15, -0.1) is 0 Å². The number of carboxylic acids is 1. The highest BCUT2D eigenvalue weighted by molar-refractivity contribution is 5.69. The van der Waals surface area contributed by atoms with Crippen LogP contribution in [0.3, 0.4) is 0 Å². The summed E-state index contributed by atoms with van der Waals surface area (Å²) in [4.78, 5) is 12.9. The summed E-state index contributed by atoms with van der Waals surface area (Å²) in [6.45, 7) is 10.2. The number of quaternary nitrogens is 1. The van der Waals surface area contributed by atoms with Crippen molar-refractivity contribution in [3.8, 4) is 0 Å². The number of benzene rings is 2. The molecule has 39 heavy (non-hydrogen) atoms. The van der Waals surface area contributed by atoms with E-state index in [1.165, 1.54) is 57.1 Å². The molecule has 0 radical (unpaired) electrons. The van der Waals surface area contributed by atoms with Gasteiger partial charge in [0.1, 0.15) is 0 Å². The van der Waals surface area contributed by atoms with Crippen LogP contribution in [0.25, 0.3) is 0 Å². The number of aliphatic carboxylic acids is 1. The molecule has 0 aliphatic carbocycles. The molecule has 0 bridgehead atoms. The predicted octanol–water partition coefficient (Wildman–Crippen LogP) is 8.62. The highest BCUT2D eigenvalue weighted by Crippen LogP contribution is 2.39. The van der Waals surface area contributed by atoms with Crippen molar-refractivity contribution >= 4 is 5.97 Å². The lowest BCUT2D eigenvalue weighted by atomic mass is 9.70. The standard InChI is InChI=1S/C19H33N.C17H26O2/c1-5-7-14-19(15-8-6-2,16-17-20(3)4)18-12-10-9-11-13-18;1-3-5-12-17(13-6-4-2,14-16(18)19)15-10-8-7-9-11-15/h9-13H,5-8,14-17H2,1-4H3;7-11H,3-6,12-14H2,1-2H3,(H,18,19)/p+1. The maximum atomic E-state index is 11.3. The fraction of sp³-hybridized carbons (Fsp3) is 0.639. The third kappa shape index (κ3) is 12.7. The summed E-state index contributed by atoms with van der Waals surface area (Å²) in [5.41, 5.74) is 2.99. The Kier molecular flexibility index (Phi) is 17.8. The van der Waals surface area contributed by atoms with Crippen molar-refractivity contribution in [2.24, 2.45) is 0 Å². The molecule has 0 heterocycles. The molecule has 0 aliphatic heterocycles. The summed E-state index contributed by atoms with van der Waals surface area (Å²) >= 11 is 0. The van der Waals surface area contributed by atoms with Crippen LogP contribution in [0.1, 0.15) is 129 Å². The van der Waals surface area contributed by atoms with Gasteiger partial charge in [-0.2, -0.15) is 0 Å². The summed E-state index contributed by atoms with van der Waals surface area (Å²) in [6.07, 6.45) is 15.9. The number of rotatable bonds is 19. The van der Waals surface area contributed by atoms with Gasteiger partial charge >= 0.3 is 5.97 Å². The first-order chi connectivity index (χ1) is 18.8. The minimum absolute atomic E-state index is 0.181. The molecule has 0 fully saturated rings. The monoisotopic (exact) mass is 538 g/mol. The lowest BCUT2D eigenvalue weighted by Crippen LogP contribution is -3.05. The quantitative estimate of drug-likeness (QED) is 0.188. The van der Waals surface area contributed by atoms with Crippen LogP contribution in [0, 0.1) is 0 Å². The van der Waals surface area contributed by atoms with Gasteiger partial charge in [0.25, 0.3) is 0 Å². The van der Waals surface area contributed by atoms with Crippen LogP contribution >= 0.6 is 0 Å². The van der Waals surface area contributed by atoms with Gasteiger partial charge < -0.3 is 10.0 Å². The van der Waals surface area contributed by atoms with Gasteiger partial charge in [0.15, 0.2) is 0 Å². The van der Waals surface area contributed by atoms with Crippen LogP contribution in [-0.4, -0.2) is 31.7 Å². The Morgan fingerprint density at radius 2 is 0.974 bits per heavy atom. The normalized spacial score (nSPS) is 11.8. The fourth-order valence-corrected chi connectivity index (χ4v) is 5.92. The van der Waals surface area contributed by atoms with Gasteiger partial charge in [-0.3, -0.25) is 4.79 Å². The van der Waals surface area contributed by atoms with Crippen molar-refractivity contribution in [2.75, 3.05) is 20.6 Å². The van der Waals surface area contributed by atoms with Gasteiger partial charge in [0.05, 0.1) is 27.1 Å². The molecular formula is C36H60NO2+. The summed E-state index contributed by atoms with van der Waals surface area (Å²) in [6, 6.07) is 21.5. The summed E-state index contributed by atoms with van der Waals surface area (Å²) in [5.74, 6) is -0.684. The van der Waals surface area contributed by atoms with Gasteiger partial charge in [-0.25, -0.2) is 0 Å². The van der Waals surface area contributed by atoms with E-state index in [1.807, 2.05) is 18.2 Å². The van der Waals surface area contributed by atoms with Gasteiger partial charge in [-0.1, -0.05) is 140 Å². The maximum absolute atomic E-state index is 11.3. The Labute approximate surface area is 241 Å². The lowest BCUT2D eigenvalue weighted by Gasteiger charge is -2.35. The highest BCUT2D eigenvalue weighted by Gasteiger charge is 2.33. The van der Waals surface area contributed by atoms with E-state index < -0.39 is 5.97 Å². The number of unbranched alkanes of at least 4 members (excludes halogenated alkanes) is 4. The van der Waals surface area contributed by atoms with Crippen molar-refractivity contribution in [1.82, 2.24) is 0 Å². The van der Waals surface area contributed by atoms with Crippen LogP contribution in [0.4, 0.5) is 0 Å². The molecule has 0 aliphatic rings. The van der Waals surface area contributed by atoms with E-state index in [-0.39, 0.29) is 11.8 Å². The molecule has 3 nitrogen and oxygen atoms in total. The minimum atomic E-state index is -0.684. The van der Waals surface area contributed by atoms with E-state index in [4.69, 9.17) is 0 Å². The molecule has 0 aromatic heterocycles. The second-order valence-electron chi connectivity index (χ2n) is 12.0. The summed E-state index contributed by atoms with van der Waals surface area (Å²) in [5, 5.41) is 9.31. The summed E-state index contributed by atoms with van der Waals surface area (Å²) in [7, 11) is 4.55. The average molecular weight is 539 g/mol. The molecule has 2 aromatic carbocycles. The zero-order valence-electron chi connectivity index (χ0n) is 26.2. The van der Waals surface area contributed by atoms with Crippen LogP contribution in [0.2, 0.25) is 0 Å². The smallest absolute Gasteiger partial charge is 0.304 e. The van der Waals surface area contributed by atoms with E-state index in [2.05, 4.69) is 84.3 Å². The van der Waals surface area contributed by atoms with Crippen molar-refractivity contribution in [3.05, 3.63) is 71.8 Å². The molecule has 0 unspecified atom stereocenters. The van der Waals surface area contributed by atoms with E-state index >= 15 is 0 Å². The molecule has 0 spiro atoms. The molecule has 0 saturated carbocycles. The Balaban J connectivity index is 0.000000391. The number of carboxylic acid groups (broad SMARTS) is 1. The van der Waals surface area contributed by atoms with Crippen molar-refractivity contribution in [3.63, 3.8) is 0 Å². The second-order valence-corrected chi connectivity index (χ2v) is 12.0. The maximum Gasteiger partial charge on any atom is 0.304 e. The van der Waals surface area contributed by atoms with Crippen LogP contribution in [-0.2, 0) is 15.6 Å². The van der Waals surface area contributed by atoms with Gasteiger partial charge in [0, 0.05) is 17.3 Å². The van der Waals surface area contributed by atoms with Crippen LogP contribution in [0.5, 0.6) is 0 Å². The molecule has 0 atom stereocenters. The third-order valence-corrected chi connectivity index (χ3v) is 8.40. The third-order valence-electron chi connectivity index (χ3n) is 8.40. The Morgan fingerprint density at radius 1 is 0.615 bits per heavy atom. The number of carbonyl (C=O) groups is 1. The minimum Gasteiger partial charge on any atom is -0.481 e. The van der Waals surface area contributed by atoms with Gasteiger partial charge in [0.2, 0.25) is 0 Å². The number of nitrogens with one attached hydrogen (secondary N) is 1. The lowest BCUT2D eigenvalue weighted by molar-refractivity contribution is -0.859. The van der Waals surface area contributed by atoms with E-state index in [1.54, 1.807) is 10.5 Å². The van der Waals surface area contributed by atoms with Gasteiger partial charge in [-0.05, 0) is 36.8 Å². The molecule has 220 valence electrons. The molecule has 3 heteroatoms. The molecule has 2 aromatic rings. The molecule has 2 N–H and O–H groups in total. The molecule has 0 amide bonds. The fourth-order valence-electron chi connectivity index (χ4n) is 5.92. The van der Waals surface area contributed by atoms with E-state index in [9.17, 15) is 9.90 Å². The summed E-state index contributed by atoms with van der Waals surface area (Å²) < 4.78 is 0. The molecule has 2 rings (SSSR count). The predicted molar refractivity (Wildman–Crippen MR) is 169 cm³/mol. The van der Waals surface area contributed by atoms with Crippen molar-refractivity contribution in [1.29, 1.82) is 0 Å². The Bertz CT molecular complexity index is 846. The van der Waals surface area contributed by atoms with Crippen molar-refractivity contribution in [2.45, 2.75) is 128 Å². The first-order valence-electron chi connectivity index (χ1n) is 15.9. The Hall–Kier alpha value is -2.13. The Morgan fingerprint density at radius 3 is 1.31 bits per heavy atom. The largest absolute Gasteiger partial charge is 0.481 e. The first-order valence-corrected chi connectivity index (χ1v) is 15.9. The highest BCUT2D eigenvalue weighted by atomic mass is 16.4.